The number of ether oxygens (including phenoxy) is 1. The zero-order chi connectivity index (χ0) is 16.3. The molecule has 0 fully saturated rings. The zero-order valence-corrected chi connectivity index (χ0v) is 13.4. The molecule has 0 aliphatic carbocycles. The highest BCUT2D eigenvalue weighted by Gasteiger charge is 2.17. The van der Waals surface area contributed by atoms with Crippen LogP contribution in [-0.4, -0.2) is 25.6 Å². The summed E-state index contributed by atoms with van der Waals surface area (Å²) < 4.78 is 24.8. The number of benzene rings is 1. The van der Waals surface area contributed by atoms with Gasteiger partial charge in [-0.05, 0) is 18.2 Å². The molecule has 1 amide bonds. The van der Waals surface area contributed by atoms with Crippen molar-refractivity contribution in [3.05, 3.63) is 35.0 Å². The van der Waals surface area contributed by atoms with Crippen LogP contribution in [0.1, 0.15) is 17.3 Å². The van der Waals surface area contributed by atoms with E-state index in [1.165, 1.54) is 31.3 Å². The molecule has 0 aliphatic heterocycles. The molecular weight excluding hydrogens is 352 g/mol. The predicted molar refractivity (Wildman–Crippen MR) is 81.9 cm³/mol. The number of nitrogens with zero attached hydrogens (tertiary/aromatic N) is 1. The van der Waals surface area contributed by atoms with E-state index in [1.54, 1.807) is 0 Å². The lowest BCUT2D eigenvalue weighted by Gasteiger charge is -2.08. The molecule has 2 rings (SSSR count). The van der Waals surface area contributed by atoms with E-state index in [9.17, 15) is 13.8 Å². The molecule has 0 saturated carbocycles. The maximum atomic E-state index is 12.2. The number of rotatable bonds is 4. The number of carbonyl (C=O) groups excluding carboxylic acids is 2. The topological polar surface area (TPSA) is 106 Å². The molecule has 1 atom stereocenters. The van der Waals surface area contributed by atoms with Crippen molar-refractivity contribution >= 4 is 51.0 Å². The number of aromatic nitrogens is 1. The van der Waals surface area contributed by atoms with Crippen LogP contribution in [0, 0.1) is 0 Å². The Morgan fingerprint density at radius 2 is 2.18 bits per heavy atom. The lowest BCUT2D eigenvalue weighted by atomic mass is 10.2. The van der Waals surface area contributed by atoms with E-state index in [0.717, 1.165) is 11.3 Å². The van der Waals surface area contributed by atoms with Crippen molar-refractivity contribution in [2.75, 3.05) is 5.32 Å². The van der Waals surface area contributed by atoms with E-state index in [0.29, 0.717) is 0 Å². The minimum absolute atomic E-state index is 0.0459. The Labute approximate surface area is 136 Å². The van der Waals surface area contributed by atoms with E-state index >= 15 is 0 Å². The van der Waals surface area contributed by atoms with Gasteiger partial charge in [0.2, 0.25) is 0 Å². The van der Waals surface area contributed by atoms with Gasteiger partial charge < -0.3 is 9.29 Å². The molecule has 7 nitrogen and oxygen atoms in total. The second-order valence-electron chi connectivity index (χ2n) is 3.92. The molecule has 10 heteroatoms. The number of nitrogens with one attached hydrogen (secondary N) is 1. The summed E-state index contributed by atoms with van der Waals surface area (Å²) in [6.45, 7) is 1.21. The largest absolute Gasteiger partial charge is 0.426 e. The number of thiazole rings is 1. The summed E-state index contributed by atoms with van der Waals surface area (Å²) >= 11 is 4.52. The summed E-state index contributed by atoms with van der Waals surface area (Å²) in [4.78, 5) is 27.1. The molecular formula is C12H9ClN2O5S2. The van der Waals surface area contributed by atoms with Crippen LogP contribution >= 0.6 is 22.9 Å². The Hall–Kier alpha value is -1.81. The van der Waals surface area contributed by atoms with E-state index in [2.05, 4.69) is 10.3 Å². The fourth-order valence-corrected chi connectivity index (χ4v) is 2.87. The third-order valence-corrected chi connectivity index (χ3v) is 4.39. The monoisotopic (exact) mass is 360 g/mol. The Kier molecular flexibility index (Phi) is 5.24. The minimum Gasteiger partial charge on any atom is -0.426 e. The second-order valence-corrected chi connectivity index (χ2v) is 6.59. The van der Waals surface area contributed by atoms with Gasteiger partial charge in [0.25, 0.3) is 5.91 Å². The molecule has 116 valence electrons. The van der Waals surface area contributed by atoms with Crippen molar-refractivity contribution in [2.45, 2.75) is 11.1 Å². The summed E-state index contributed by atoms with van der Waals surface area (Å²) in [6.07, 6.45) is 1.18. The van der Waals surface area contributed by atoms with Gasteiger partial charge in [-0.3, -0.25) is 14.9 Å². The lowest BCUT2D eigenvalue weighted by molar-refractivity contribution is -0.131. The minimum atomic E-state index is -2.17. The van der Waals surface area contributed by atoms with Crippen molar-refractivity contribution in [3.8, 4) is 5.75 Å². The van der Waals surface area contributed by atoms with Gasteiger partial charge >= 0.3 is 5.97 Å². The summed E-state index contributed by atoms with van der Waals surface area (Å²) in [5.41, 5.74) is 0.0459. The van der Waals surface area contributed by atoms with Gasteiger partial charge in [0.1, 0.15) is 9.96 Å². The normalized spacial score (nSPS) is 11.8. The predicted octanol–water partition coefficient (Wildman–Crippen LogP) is 2.55. The van der Waals surface area contributed by atoms with Crippen molar-refractivity contribution in [1.29, 1.82) is 0 Å². The van der Waals surface area contributed by atoms with Crippen LogP contribution in [-0.2, 0) is 15.9 Å². The molecule has 22 heavy (non-hydrogen) atoms. The van der Waals surface area contributed by atoms with E-state index in [1.807, 2.05) is 0 Å². The summed E-state index contributed by atoms with van der Waals surface area (Å²) in [7, 11) is 0. The first-order chi connectivity index (χ1) is 10.4. The highest BCUT2D eigenvalue weighted by molar-refractivity contribution is 7.81. The molecule has 0 saturated heterocycles. The summed E-state index contributed by atoms with van der Waals surface area (Å²) in [5.74, 6) is -1.14. The first kappa shape index (κ1) is 16.6. The molecule has 1 aromatic heterocycles. The number of anilines is 1. The fourth-order valence-electron chi connectivity index (χ4n) is 1.49. The Morgan fingerprint density at radius 1 is 1.45 bits per heavy atom. The van der Waals surface area contributed by atoms with Crippen molar-refractivity contribution < 1.29 is 23.1 Å². The number of hydrogen-bond acceptors (Lipinski definition) is 6. The molecule has 0 spiro atoms. The standard InChI is InChI=1S/C12H9ClN2O5S2/c1-6(16)20-9-3-2-7(13)4-8(9)11(17)15-12-14-5-10(21-12)22(18)19/h2-5H,1H3,(H,18,19)(H,14,15,17). The first-order valence-electron chi connectivity index (χ1n) is 5.73. The Balaban J connectivity index is 2.26. The maximum Gasteiger partial charge on any atom is 0.308 e. The van der Waals surface area contributed by atoms with Gasteiger partial charge in [-0.2, -0.15) is 0 Å². The lowest BCUT2D eigenvalue weighted by Crippen LogP contribution is -2.14. The fraction of sp³-hybridized carbons (Fsp3) is 0.0833. The highest BCUT2D eigenvalue weighted by Crippen LogP contribution is 2.26. The molecule has 1 unspecified atom stereocenters. The smallest absolute Gasteiger partial charge is 0.308 e. The van der Waals surface area contributed by atoms with Crippen LogP contribution in [0.25, 0.3) is 0 Å². The highest BCUT2D eigenvalue weighted by atomic mass is 35.5. The summed E-state index contributed by atoms with van der Waals surface area (Å²) in [6, 6.07) is 4.22. The molecule has 0 bridgehead atoms. The number of carbonyl (C=O) groups is 2. The molecule has 0 aliphatic rings. The van der Waals surface area contributed by atoms with Gasteiger partial charge in [0.15, 0.2) is 16.2 Å². The van der Waals surface area contributed by atoms with Crippen molar-refractivity contribution in [1.82, 2.24) is 4.98 Å². The van der Waals surface area contributed by atoms with Crippen LogP contribution in [0.15, 0.2) is 28.6 Å². The SMILES string of the molecule is CC(=O)Oc1ccc(Cl)cc1C(=O)Nc1ncc(S(=O)O)s1. The molecule has 0 radical (unpaired) electrons. The summed E-state index contributed by atoms with van der Waals surface area (Å²) in [5, 5.41) is 2.87. The quantitative estimate of drug-likeness (QED) is 0.493. The third-order valence-electron chi connectivity index (χ3n) is 2.32. The number of hydrogen-bond donors (Lipinski definition) is 2. The van der Waals surface area contributed by atoms with Gasteiger partial charge in [-0.15, -0.1) is 0 Å². The van der Waals surface area contributed by atoms with Crippen LogP contribution in [0.2, 0.25) is 5.02 Å². The van der Waals surface area contributed by atoms with Gasteiger partial charge in [0.05, 0.1) is 11.8 Å². The second kappa shape index (κ2) is 6.97. The maximum absolute atomic E-state index is 12.2. The molecule has 2 aromatic rings. The van der Waals surface area contributed by atoms with Gasteiger partial charge in [-0.25, -0.2) is 9.19 Å². The Bertz CT molecular complexity index is 762. The third kappa shape index (κ3) is 4.10. The van der Waals surface area contributed by atoms with Gasteiger partial charge in [-0.1, -0.05) is 22.9 Å². The first-order valence-corrected chi connectivity index (χ1v) is 8.03. The molecule has 1 heterocycles. The molecule has 1 aromatic carbocycles. The molecule has 2 N–H and O–H groups in total. The van der Waals surface area contributed by atoms with Crippen molar-refractivity contribution in [3.63, 3.8) is 0 Å². The average Bonchev–Trinajstić information content (AvgIpc) is 2.89. The number of amides is 1. The average molecular weight is 361 g/mol. The van der Waals surface area contributed by atoms with Crippen LogP contribution < -0.4 is 10.1 Å². The van der Waals surface area contributed by atoms with E-state index in [4.69, 9.17) is 20.9 Å². The van der Waals surface area contributed by atoms with E-state index in [-0.39, 0.29) is 25.7 Å². The van der Waals surface area contributed by atoms with Crippen LogP contribution in [0.5, 0.6) is 5.75 Å². The number of esters is 1. The Morgan fingerprint density at radius 3 is 2.77 bits per heavy atom. The van der Waals surface area contributed by atoms with Crippen LogP contribution in [0.3, 0.4) is 0 Å². The van der Waals surface area contributed by atoms with Crippen LogP contribution in [0.4, 0.5) is 5.13 Å². The number of halogens is 1. The zero-order valence-electron chi connectivity index (χ0n) is 11.0. The van der Waals surface area contributed by atoms with Crippen molar-refractivity contribution in [2.24, 2.45) is 0 Å². The van der Waals surface area contributed by atoms with Gasteiger partial charge in [0, 0.05) is 11.9 Å². The van der Waals surface area contributed by atoms with E-state index < -0.39 is 23.0 Å².